The number of nitrogens with one attached hydrogen (secondary N) is 1. The zero-order valence-corrected chi connectivity index (χ0v) is 13.0. The molecule has 0 aliphatic heterocycles. The van der Waals surface area contributed by atoms with Gasteiger partial charge in [-0.05, 0) is 56.5 Å². The van der Waals surface area contributed by atoms with Crippen LogP contribution in [0, 0.1) is 5.92 Å². The number of rotatable bonds is 9. The first-order valence-corrected chi connectivity index (χ1v) is 7.52. The van der Waals surface area contributed by atoms with Gasteiger partial charge in [0.1, 0.15) is 0 Å². The molecule has 1 N–H and O–H groups in total. The minimum absolute atomic E-state index is 0.640. The van der Waals surface area contributed by atoms with Gasteiger partial charge in [0.05, 0.1) is 0 Å². The summed E-state index contributed by atoms with van der Waals surface area (Å²) in [6, 6.07) is 8.57. The Morgan fingerprint density at radius 2 is 2.17 bits per heavy atom. The topological polar surface area (TPSA) is 21.3 Å². The van der Waals surface area contributed by atoms with Gasteiger partial charge in [0.15, 0.2) is 0 Å². The van der Waals surface area contributed by atoms with Crippen LogP contribution in [-0.2, 0) is 11.2 Å². The van der Waals surface area contributed by atoms with Crippen LogP contribution in [0.25, 0.3) is 0 Å². The lowest BCUT2D eigenvalue weighted by Gasteiger charge is -2.16. The molecule has 1 aromatic rings. The molecule has 0 bridgehead atoms. The maximum absolute atomic E-state index is 5.58. The summed E-state index contributed by atoms with van der Waals surface area (Å²) in [5.41, 5.74) is 1.39. The molecule has 0 amide bonds. The molecule has 0 aliphatic carbocycles. The fourth-order valence-electron chi connectivity index (χ4n) is 2.06. The standard InChI is InChI=1S/C15H24BrNO/c1-3-8-18-9-7-14(12-17-2)10-13-5-4-6-15(16)11-13/h4-6,11,14,17H,3,7-10,12H2,1-2H3. The Kier molecular flexibility index (Phi) is 8.31. The summed E-state index contributed by atoms with van der Waals surface area (Å²) in [5.74, 6) is 0.640. The molecule has 0 saturated carbocycles. The highest BCUT2D eigenvalue weighted by molar-refractivity contribution is 9.10. The fourth-order valence-corrected chi connectivity index (χ4v) is 2.51. The van der Waals surface area contributed by atoms with Gasteiger partial charge in [0.2, 0.25) is 0 Å². The van der Waals surface area contributed by atoms with Crippen LogP contribution in [0.5, 0.6) is 0 Å². The van der Waals surface area contributed by atoms with Gasteiger partial charge in [0.25, 0.3) is 0 Å². The van der Waals surface area contributed by atoms with Crippen molar-refractivity contribution in [3.05, 3.63) is 34.3 Å². The summed E-state index contributed by atoms with van der Waals surface area (Å²) >= 11 is 3.52. The van der Waals surface area contributed by atoms with Crippen LogP contribution in [-0.4, -0.2) is 26.8 Å². The molecule has 1 rings (SSSR count). The maximum atomic E-state index is 5.58. The molecule has 0 saturated heterocycles. The molecule has 0 heterocycles. The third kappa shape index (κ3) is 6.53. The summed E-state index contributed by atoms with van der Waals surface area (Å²) < 4.78 is 6.74. The second kappa shape index (κ2) is 9.54. The second-order valence-electron chi connectivity index (χ2n) is 4.66. The zero-order chi connectivity index (χ0) is 13.2. The van der Waals surface area contributed by atoms with Gasteiger partial charge in [-0.1, -0.05) is 35.0 Å². The summed E-state index contributed by atoms with van der Waals surface area (Å²) in [6.45, 7) is 4.94. The Balaban J connectivity index is 2.41. The monoisotopic (exact) mass is 313 g/mol. The fraction of sp³-hybridized carbons (Fsp3) is 0.600. The van der Waals surface area contributed by atoms with Gasteiger partial charge < -0.3 is 10.1 Å². The molecule has 0 radical (unpaired) electrons. The van der Waals surface area contributed by atoms with Gasteiger partial charge in [0, 0.05) is 17.7 Å². The number of hydrogen-bond donors (Lipinski definition) is 1. The number of hydrogen-bond acceptors (Lipinski definition) is 2. The molecular weight excluding hydrogens is 290 g/mol. The minimum atomic E-state index is 0.640. The SMILES string of the molecule is CCCOCCC(CNC)Cc1cccc(Br)c1. The van der Waals surface area contributed by atoms with E-state index in [1.54, 1.807) is 0 Å². The van der Waals surface area contributed by atoms with Crippen molar-refractivity contribution in [3.63, 3.8) is 0 Å². The lowest BCUT2D eigenvalue weighted by atomic mass is 9.96. The molecule has 18 heavy (non-hydrogen) atoms. The van der Waals surface area contributed by atoms with E-state index in [-0.39, 0.29) is 0 Å². The first-order chi connectivity index (χ1) is 8.76. The molecule has 2 nitrogen and oxygen atoms in total. The minimum Gasteiger partial charge on any atom is -0.381 e. The van der Waals surface area contributed by atoms with Gasteiger partial charge in [-0.25, -0.2) is 0 Å². The number of ether oxygens (including phenoxy) is 1. The summed E-state index contributed by atoms with van der Waals surface area (Å²) in [4.78, 5) is 0. The van der Waals surface area contributed by atoms with Crippen molar-refractivity contribution in [1.82, 2.24) is 5.32 Å². The smallest absolute Gasteiger partial charge is 0.0469 e. The lowest BCUT2D eigenvalue weighted by molar-refractivity contribution is 0.120. The molecule has 1 atom stereocenters. The first-order valence-electron chi connectivity index (χ1n) is 6.73. The van der Waals surface area contributed by atoms with Gasteiger partial charge in [-0.3, -0.25) is 0 Å². The molecule has 0 spiro atoms. The molecule has 1 aromatic carbocycles. The van der Waals surface area contributed by atoms with Crippen LogP contribution in [0.2, 0.25) is 0 Å². The van der Waals surface area contributed by atoms with Crippen molar-refractivity contribution in [2.75, 3.05) is 26.8 Å². The largest absolute Gasteiger partial charge is 0.381 e. The van der Waals surface area contributed by atoms with E-state index in [1.807, 2.05) is 7.05 Å². The third-order valence-corrected chi connectivity index (χ3v) is 3.42. The van der Waals surface area contributed by atoms with Crippen molar-refractivity contribution in [2.24, 2.45) is 5.92 Å². The summed E-state index contributed by atoms with van der Waals surface area (Å²) in [5, 5.41) is 3.28. The van der Waals surface area contributed by atoms with Crippen LogP contribution < -0.4 is 5.32 Å². The average Bonchev–Trinajstić information content (AvgIpc) is 2.35. The zero-order valence-electron chi connectivity index (χ0n) is 11.4. The van der Waals surface area contributed by atoms with Crippen molar-refractivity contribution in [3.8, 4) is 0 Å². The lowest BCUT2D eigenvalue weighted by Crippen LogP contribution is -2.22. The van der Waals surface area contributed by atoms with Crippen LogP contribution >= 0.6 is 15.9 Å². The number of halogens is 1. The maximum Gasteiger partial charge on any atom is 0.0469 e. The molecule has 1 unspecified atom stereocenters. The Morgan fingerprint density at radius 1 is 1.33 bits per heavy atom. The highest BCUT2D eigenvalue weighted by Gasteiger charge is 2.09. The predicted octanol–water partition coefficient (Wildman–Crippen LogP) is 3.64. The Bertz CT molecular complexity index is 330. The van der Waals surface area contributed by atoms with E-state index in [4.69, 9.17) is 4.74 Å². The quantitative estimate of drug-likeness (QED) is 0.703. The van der Waals surface area contributed by atoms with Gasteiger partial charge in [-0.2, -0.15) is 0 Å². The highest BCUT2D eigenvalue weighted by atomic mass is 79.9. The predicted molar refractivity (Wildman–Crippen MR) is 81.0 cm³/mol. The van der Waals surface area contributed by atoms with Crippen LogP contribution in [0.4, 0.5) is 0 Å². The van der Waals surface area contributed by atoms with Crippen molar-refractivity contribution in [1.29, 1.82) is 0 Å². The van der Waals surface area contributed by atoms with Gasteiger partial charge in [-0.15, -0.1) is 0 Å². The van der Waals surface area contributed by atoms with E-state index < -0.39 is 0 Å². The highest BCUT2D eigenvalue weighted by Crippen LogP contribution is 2.16. The van der Waals surface area contributed by atoms with E-state index in [0.717, 1.165) is 43.5 Å². The molecule has 0 fully saturated rings. The Labute approximate surface area is 119 Å². The summed E-state index contributed by atoms with van der Waals surface area (Å²) in [6.07, 6.45) is 3.32. The van der Waals surface area contributed by atoms with E-state index >= 15 is 0 Å². The molecular formula is C15H24BrNO. The average molecular weight is 314 g/mol. The van der Waals surface area contributed by atoms with Gasteiger partial charge >= 0.3 is 0 Å². The van der Waals surface area contributed by atoms with Crippen LogP contribution in [0.15, 0.2) is 28.7 Å². The van der Waals surface area contributed by atoms with Crippen LogP contribution in [0.1, 0.15) is 25.3 Å². The van der Waals surface area contributed by atoms with E-state index in [9.17, 15) is 0 Å². The van der Waals surface area contributed by atoms with E-state index in [2.05, 4.69) is 52.4 Å². The van der Waals surface area contributed by atoms with Crippen molar-refractivity contribution in [2.45, 2.75) is 26.2 Å². The normalized spacial score (nSPS) is 12.6. The van der Waals surface area contributed by atoms with Crippen molar-refractivity contribution >= 4 is 15.9 Å². The molecule has 3 heteroatoms. The molecule has 102 valence electrons. The second-order valence-corrected chi connectivity index (χ2v) is 5.57. The van der Waals surface area contributed by atoms with E-state index in [1.165, 1.54) is 5.56 Å². The molecule has 0 aliphatic rings. The first kappa shape index (κ1) is 15.7. The van der Waals surface area contributed by atoms with Crippen LogP contribution in [0.3, 0.4) is 0 Å². The Morgan fingerprint density at radius 3 is 2.83 bits per heavy atom. The Hall–Kier alpha value is -0.380. The molecule has 0 aromatic heterocycles. The number of benzene rings is 1. The summed E-state index contributed by atoms with van der Waals surface area (Å²) in [7, 11) is 2.01. The van der Waals surface area contributed by atoms with E-state index in [0.29, 0.717) is 5.92 Å². The third-order valence-electron chi connectivity index (χ3n) is 2.93. The van der Waals surface area contributed by atoms with Crippen molar-refractivity contribution < 1.29 is 4.74 Å².